The maximum absolute atomic E-state index is 13.3. The number of thiazole rings is 1. The van der Waals surface area contributed by atoms with E-state index >= 15 is 0 Å². The number of aromatic nitrogens is 1. The molecule has 2 bridgehead atoms. The summed E-state index contributed by atoms with van der Waals surface area (Å²) >= 11 is 1.02. The zero-order chi connectivity index (χ0) is 23.6. The number of nitriles is 1. The Morgan fingerprint density at radius 2 is 1.91 bits per heavy atom. The number of anilines is 2. The highest BCUT2D eigenvalue weighted by Gasteiger charge is 2.44. The summed E-state index contributed by atoms with van der Waals surface area (Å²) in [4.78, 5) is 18.0. The molecule has 2 aliphatic rings. The largest absolute Gasteiger partial charge is 0.385 e. The number of sulfonamides is 1. The van der Waals surface area contributed by atoms with Gasteiger partial charge in [0.05, 0.1) is 17.3 Å². The van der Waals surface area contributed by atoms with E-state index in [1.165, 1.54) is 6.92 Å². The molecular weight excluding hydrogens is 460 g/mol. The second-order valence-corrected chi connectivity index (χ2v) is 11.6. The Hall–Kier alpha value is -2.52. The van der Waals surface area contributed by atoms with Gasteiger partial charge in [-0.2, -0.15) is 9.57 Å². The van der Waals surface area contributed by atoms with Crippen molar-refractivity contribution in [2.75, 3.05) is 36.8 Å². The summed E-state index contributed by atoms with van der Waals surface area (Å²) in [6.45, 7) is 5.74. The van der Waals surface area contributed by atoms with Crippen LogP contribution in [0.5, 0.6) is 0 Å². The predicted molar refractivity (Wildman–Crippen MR) is 128 cm³/mol. The molecule has 0 aliphatic carbocycles. The molecule has 1 amide bonds. The molecule has 0 radical (unpaired) electrons. The third-order valence-corrected chi connectivity index (χ3v) is 9.64. The van der Waals surface area contributed by atoms with E-state index < -0.39 is 10.0 Å². The van der Waals surface area contributed by atoms with Gasteiger partial charge >= 0.3 is 0 Å². The maximum Gasteiger partial charge on any atom is 0.254 e. The second kappa shape index (κ2) is 9.77. The van der Waals surface area contributed by atoms with Crippen LogP contribution >= 0.6 is 11.3 Å². The van der Waals surface area contributed by atoms with Gasteiger partial charge in [0, 0.05) is 50.9 Å². The molecule has 9 nitrogen and oxygen atoms in total. The third kappa shape index (κ3) is 5.19. The second-order valence-electron chi connectivity index (χ2n) is 8.49. The van der Waals surface area contributed by atoms with E-state index in [2.05, 4.69) is 26.6 Å². The van der Waals surface area contributed by atoms with Crippen molar-refractivity contribution in [3.63, 3.8) is 0 Å². The topological polar surface area (TPSA) is 118 Å². The number of aryl methyl sites for hydroxylation is 1. The number of hydrogen-bond acceptors (Lipinski definition) is 8. The minimum atomic E-state index is -3.65. The number of nitrogens with one attached hydrogen (secondary N) is 2. The summed E-state index contributed by atoms with van der Waals surface area (Å²) in [5.41, 5.74) is 2.06. The van der Waals surface area contributed by atoms with E-state index in [0.29, 0.717) is 29.5 Å². The number of carbonyl (C=O) groups excluding carboxylic acids is 1. The standard InChI is InChI=1S/C22H28N6O3S2/c1-15-21(32-22(25-15)26-16(2)29)33(30,31)27-13-19-8-9-20(14-27)28(19)11-3-10-24-18-6-4-17(12-23)5-7-18/h4-7,19-20,24H,3,8-11,13-14H2,1-2H3,(H,25,26,29). The third-order valence-electron chi connectivity index (χ3n) is 6.15. The zero-order valence-corrected chi connectivity index (χ0v) is 20.4. The SMILES string of the molecule is CC(=O)Nc1nc(C)c(S(=O)(=O)N2CC3CCC(C2)N3CCCNc2ccc(C#N)cc2)s1. The van der Waals surface area contributed by atoms with E-state index in [1.54, 1.807) is 23.4 Å². The van der Waals surface area contributed by atoms with Gasteiger partial charge in [0.2, 0.25) is 5.91 Å². The highest BCUT2D eigenvalue weighted by molar-refractivity contribution is 7.91. The van der Waals surface area contributed by atoms with Crippen LogP contribution in [0.3, 0.4) is 0 Å². The number of hydrogen-bond donors (Lipinski definition) is 2. The first-order chi connectivity index (χ1) is 15.8. The van der Waals surface area contributed by atoms with Crippen molar-refractivity contribution in [2.45, 2.75) is 49.4 Å². The fourth-order valence-electron chi connectivity index (χ4n) is 4.61. The van der Waals surface area contributed by atoms with Crippen molar-refractivity contribution in [3.05, 3.63) is 35.5 Å². The first-order valence-corrected chi connectivity index (χ1v) is 13.3. The number of amides is 1. The fraction of sp³-hybridized carbons (Fsp3) is 0.500. The Balaban J connectivity index is 1.33. The Morgan fingerprint density at radius 3 is 2.52 bits per heavy atom. The molecule has 4 rings (SSSR count). The molecule has 2 aromatic rings. The number of benzene rings is 1. The van der Waals surface area contributed by atoms with E-state index in [-0.39, 0.29) is 22.2 Å². The summed E-state index contributed by atoms with van der Waals surface area (Å²) < 4.78 is 28.5. The van der Waals surface area contributed by atoms with E-state index in [9.17, 15) is 13.2 Å². The van der Waals surface area contributed by atoms with Crippen LogP contribution in [-0.4, -0.2) is 66.8 Å². The summed E-state index contributed by atoms with van der Waals surface area (Å²) in [5.74, 6) is -0.270. The lowest BCUT2D eigenvalue weighted by molar-refractivity contribution is -0.114. The molecule has 0 spiro atoms. The van der Waals surface area contributed by atoms with Gasteiger partial charge in [-0.1, -0.05) is 11.3 Å². The lowest BCUT2D eigenvalue weighted by atomic mass is 10.2. The Kier molecular flexibility index (Phi) is 6.99. The van der Waals surface area contributed by atoms with Crippen LogP contribution in [0.1, 0.15) is 37.4 Å². The molecule has 2 N–H and O–H groups in total. The van der Waals surface area contributed by atoms with Gasteiger partial charge < -0.3 is 10.6 Å². The number of nitrogens with zero attached hydrogens (tertiary/aromatic N) is 4. The molecule has 0 saturated carbocycles. The van der Waals surface area contributed by atoms with Crippen molar-refractivity contribution in [3.8, 4) is 6.07 Å². The predicted octanol–water partition coefficient (Wildman–Crippen LogP) is 2.62. The molecule has 33 heavy (non-hydrogen) atoms. The van der Waals surface area contributed by atoms with Gasteiger partial charge in [0.1, 0.15) is 0 Å². The zero-order valence-electron chi connectivity index (χ0n) is 18.7. The van der Waals surface area contributed by atoms with Crippen molar-refractivity contribution in [2.24, 2.45) is 0 Å². The van der Waals surface area contributed by atoms with E-state index in [4.69, 9.17) is 5.26 Å². The van der Waals surface area contributed by atoms with Gasteiger partial charge in [0.25, 0.3) is 10.0 Å². The molecule has 1 aromatic carbocycles. The summed E-state index contributed by atoms with van der Waals surface area (Å²) in [7, 11) is -3.65. The van der Waals surface area contributed by atoms with Gasteiger partial charge in [-0.25, -0.2) is 13.4 Å². The highest BCUT2D eigenvalue weighted by atomic mass is 32.2. The molecule has 2 unspecified atom stereocenters. The first-order valence-electron chi connectivity index (χ1n) is 11.0. The monoisotopic (exact) mass is 488 g/mol. The maximum atomic E-state index is 13.3. The Morgan fingerprint density at radius 1 is 1.24 bits per heavy atom. The fourth-order valence-corrected chi connectivity index (χ4v) is 7.72. The van der Waals surface area contributed by atoms with Crippen molar-refractivity contribution >= 4 is 38.1 Å². The molecule has 1 aromatic heterocycles. The lowest BCUT2D eigenvalue weighted by Gasteiger charge is -2.40. The lowest BCUT2D eigenvalue weighted by Crippen LogP contribution is -2.55. The molecule has 11 heteroatoms. The van der Waals surface area contributed by atoms with Crippen LogP contribution in [0.4, 0.5) is 10.8 Å². The number of piperazine rings is 1. The van der Waals surface area contributed by atoms with E-state index in [0.717, 1.165) is 49.4 Å². The molecule has 3 heterocycles. The van der Waals surface area contributed by atoms with Gasteiger partial charge in [-0.05, 0) is 50.5 Å². The van der Waals surface area contributed by atoms with Gasteiger partial charge in [-0.3, -0.25) is 9.69 Å². The summed E-state index contributed by atoms with van der Waals surface area (Å²) in [6.07, 6.45) is 2.95. The number of fused-ring (bicyclic) bond motifs is 2. The van der Waals surface area contributed by atoms with Crippen molar-refractivity contribution < 1.29 is 13.2 Å². The quantitative estimate of drug-likeness (QED) is 0.548. The van der Waals surface area contributed by atoms with Crippen LogP contribution in [0.2, 0.25) is 0 Å². The van der Waals surface area contributed by atoms with Crippen LogP contribution in [-0.2, 0) is 14.8 Å². The molecule has 2 aliphatic heterocycles. The van der Waals surface area contributed by atoms with Gasteiger partial charge in [0.15, 0.2) is 9.34 Å². The van der Waals surface area contributed by atoms with E-state index in [1.807, 2.05) is 12.1 Å². The minimum Gasteiger partial charge on any atom is -0.385 e. The molecule has 176 valence electrons. The van der Waals surface area contributed by atoms with Crippen LogP contribution in [0.15, 0.2) is 28.5 Å². The van der Waals surface area contributed by atoms with Crippen LogP contribution in [0.25, 0.3) is 0 Å². The average molecular weight is 489 g/mol. The molecule has 2 atom stereocenters. The van der Waals surface area contributed by atoms with Crippen LogP contribution < -0.4 is 10.6 Å². The Bertz CT molecular complexity index is 1140. The molecular formula is C22H28N6O3S2. The molecule has 2 fully saturated rings. The molecule has 2 saturated heterocycles. The summed E-state index contributed by atoms with van der Waals surface area (Å²) in [5, 5.41) is 15.2. The normalized spacial score (nSPS) is 21.0. The van der Waals surface area contributed by atoms with Crippen LogP contribution in [0, 0.1) is 18.3 Å². The minimum absolute atomic E-state index is 0.214. The highest BCUT2D eigenvalue weighted by Crippen LogP contribution is 2.36. The first kappa shape index (κ1) is 23.6. The Labute approximate surface area is 198 Å². The average Bonchev–Trinajstić information content (AvgIpc) is 3.25. The number of rotatable bonds is 8. The summed E-state index contributed by atoms with van der Waals surface area (Å²) in [6, 6.07) is 9.96. The van der Waals surface area contributed by atoms with Gasteiger partial charge in [-0.15, -0.1) is 0 Å². The number of carbonyl (C=O) groups is 1. The van der Waals surface area contributed by atoms with Crippen molar-refractivity contribution in [1.29, 1.82) is 5.26 Å². The smallest absolute Gasteiger partial charge is 0.254 e. The van der Waals surface area contributed by atoms with Crippen molar-refractivity contribution in [1.82, 2.24) is 14.2 Å².